The van der Waals surface area contributed by atoms with E-state index in [9.17, 15) is 0 Å². The van der Waals surface area contributed by atoms with Crippen LogP contribution in [0.15, 0.2) is 267 Å². The molecule has 3 aromatic heterocycles. The Labute approximate surface area is 451 Å². The topological polar surface area (TPSA) is 38.7 Å². The van der Waals surface area contributed by atoms with E-state index in [0.29, 0.717) is 0 Å². The molecule has 0 saturated heterocycles. The summed E-state index contributed by atoms with van der Waals surface area (Å²) in [5, 5.41) is 4.99. The van der Waals surface area contributed by atoms with Gasteiger partial charge in [0.25, 0.3) is 0 Å². The second kappa shape index (κ2) is 20.7. The quantitative estimate of drug-likeness (QED) is 0.101. The van der Waals surface area contributed by atoms with Crippen molar-refractivity contribution in [2.24, 2.45) is 0 Å². The molecule has 0 fully saturated rings. The third-order valence-corrected chi connectivity index (χ3v) is 14.0. The molecule has 13 aromatic rings. The minimum absolute atomic E-state index is 0. The molecule has 0 amide bonds. The molecule has 10 aromatic carbocycles. The summed E-state index contributed by atoms with van der Waals surface area (Å²) in [6.07, 6.45) is 5.54. The maximum Gasteiger partial charge on any atom is 3.00 e. The minimum atomic E-state index is 0. The van der Waals surface area contributed by atoms with Gasteiger partial charge in [0.15, 0.2) is 0 Å². The van der Waals surface area contributed by atoms with E-state index in [0.717, 1.165) is 112 Å². The van der Waals surface area contributed by atoms with Crippen LogP contribution in [0.2, 0.25) is 0 Å². The molecule has 0 bridgehead atoms. The third-order valence-electron chi connectivity index (χ3n) is 14.0. The molecular weight excluding hydrogens is 1090 g/mol. The fourth-order valence-corrected chi connectivity index (χ4v) is 10.3. The Morgan fingerprint density at radius 3 is 1.09 bits per heavy atom. The summed E-state index contributed by atoms with van der Waals surface area (Å²) in [6.45, 7) is 0. The van der Waals surface area contributed by atoms with Crippen molar-refractivity contribution < 1.29 is 20.1 Å². The van der Waals surface area contributed by atoms with E-state index >= 15 is 0 Å². The van der Waals surface area contributed by atoms with Crippen molar-refractivity contribution in [3.05, 3.63) is 286 Å². The van der Waals surface area contributed by atoms with Crippen molar-refractivity contribution in [1.82, 2.24) is 15.0 Å². The molecule has 0 atom stereocenters. The van der Waals surface area contributed by atoms with E-state index in [1.807, 2.05) is 55.0 Å². The molecule has 3 heterocycles. The maximum atomic E-state index is 4.84. The monoisotopic (exact) mass is 1130 g/mol. The fourth-order valence-electron chi connectivity index (χ4n) is 10.3. The zero-order valence-electron chi connectivity index (χ0n) is 40.6. The average molecular weight is 1130 g/mol. The summed E-state index contributed by atoms with van der Waals surface area (Å²) >= 11 is 0. The van der Waals surface area contributed by atoms with Crippen LogP contribution in [0.5, 0.6) is 0 Å². The van der Waals surface area contributed by atoms with Gasteiger partial charge in [-0.05, 0) is 126 Å². The molecular formula is C71H44IrN3. The Morgan fingerprint density at radius 1 is 0.240 bits per heavy atom. The first-order valence-corrected chi connectivity index (χ1v) is 24.9. The number of fused-ring (bicyclic) bond motifs is 3. The normalized spacial score (nSPS) is 11.1. The number of rotatable bonds is 10. The Hall–Kier alpha value is -9.18. The molecule has 13 rings (SSSR count). The van der Waals surface area contributed by atoms with Crippen molar-refractivity contribution in [1.29, 1.82) is 0 Å². The van der Waals surface area contributed by atoms with Crippen LogP contribution in [-0.4, -0.2) is 15.0 Å². The molecule has 75 heavy (non-hydrogen) atoms. The predicted octanol–water partition coefficient (Wildman–Crippen LogP) is 18.2. The summed E-state index contributed by atoms with van der Waals surface area (Å²) in [4.78, 5) is 14.0. The number of pyridine rings is 3. The van der Waals surface area contributed by atoms with Crippen molar-refractivity contribution >= 4 is 21.5 Å². The molecule has 3 nitrogen and oxygen atoms in total. The Bertz CT molecular complexity index is 4010. The summed E-state index contributed by atoms with van der Waals surface area (Å²) in [5.74, 6) is 0. The third kappa shape index (κ3) is 9.42. The first-order chi connectivity index (χ1) is 36.7. The number of hydrogen-bond acceptors (Lipinski definition) is 3. The summed E-state index contributed by atoms with van der Waals surface area (Å²) in [6, 6.07) is 98.9. The first-order valence-electron chi connectivity index (χ1n) is 24.9. The number of aromatic nitrogens is 3. The van der Waals surface area contributed by atoms with Crippen LogP contribution in [0.1, 0.15) is 0 Å². The van der Waals surface area contributed by atoms with E-state index in [4.69, 9.17) is 4.98 Å². The van der Waals surface area contributed by atoms with Gasteiger partial charge in [0, 0.05) is 18.6 Å². The van der Waals surface area contributed by atoms with E-state index < -0.39 is 0 Å². The first kappa shape index (κ1) is 46.9. The zero-order chi connectivity index (χ0) is 49.2. The number of benzene rings is 10. The van der Waals surface area contributed by atoms with Crippen molar-refractivity contribution in [3.8, 4) is 112 Å². The molecule has 0 aliphatic carbocycles. The van der Waals surface area contributed by atoms with Crippen LogP contribution in [0.3, 0.4) is 0 Å². The van der Waals surface area contributed by atoms with Crippen LogP contribution >= 0.6 is 0 Å². The summed E-state index contributed by atoms with van der Waals surface area (Å²) in [7, 11) is 0. The van der Waals surface area contributed by atoms with Gasteiger partial charge in [-0.15, -0.1) is 89.5 Å². The molecule has 0 unspecified atom stereocenters. The van der Waals surface area contributed by atoms with Gasteiger partial charge in [0.1, 0.15) is 0 Å². The van der Waals surface area contributed by atoms with Gasteiger partial charge < -0.3 is 15.0 Å². The van der Waals surface area contributed by atoms with Gasteiger partial charge in [0.2, 0.25) is 0 Å². The molecule has 352 valence electrons. The van der Waals surface area contributed by atoms with E-state index in [1.165, 1.54) is 21.5 Å². The van der Waals surface area contributed by atoms with Crippen molar-refractivity contribution in [3.63, 3.8) is 0 Å². The molecule has 0 aliphatic rings. The van der Waals surface area contributed by atoms with Gasteiger partial charge in [0.05, 0.1) is 0 Å². The van der Waals surface area contributed by atoms with Crippen LogP contribution in [0.25, 0.3) is 133 Å². The zero-order valence-corrected chi connectivity index (χ0v) is 43.0. The predicted molar refractivity (Wildman–Crippen MR) is 306 cm³/mol. The average Bonchev–Trinajstić information content (AvgIpc) is 3.49. The summed E-state index contributed by atoms with van der Waals surface area (Å²) in [5.41, 5.74) is 21.1. The Morgan fingerprint density at radius 2 is 0.627 bits per heavy atom. The molecule has 0 radical (unpaired) electrons. The van der Waals surface area contributed by atoms with Crippen molar-refractivity contribution in [2.45, 2.75) is 0 Å². The molecule has 0 saturated carbocycles. The second-order valence-electron chi connectivity index (χ2n) is 18.5. The summed E-state index contributed by atoms with van der Waals surface area (Å²) < 4.78 is 0. The van der Waals surface area contributed by atoms with Gasteiger partial charge in [-0.2, -0.15) is 0 Å². The number of hydrogen-bond donors (Lipinski definition) is 0. The van der Waals surface area contributed by atoms with Crippen molar-refractivity contribution in [2.75, 3.05) is 0 Å². The molecule has 0 spiro atoms. The van der Waals surface area contributed by atoms with Crippen LogP contribution in [0, 0.1) is 18.2 Å². The smallest absolute Gasteiger partial charge is 0.305 e. The standard InChI is InChI=1S/C71H44N3.Ir/c1-2-14-61-48(13-1)29-36-57-43-55(37-38-68(57)61)56-39-42-74-71(47-56)54-34-27-51(28-35-54)64-17-5-8-20-67(64)60-45-58(65-18-6-3-15-62(65)49-23-30-52(31-24-49)69-21-9-11-40-72-69)44-59(46-60)66-19-7-4-16-63(66)50-25-32-53(33-26-50)70-22-10-12-41-73-70;/h1-30,32,34,36-47H;/q-3;+3. The van der Waals surface area contributed by atoms with E-state index in [-0.39, 0.29) is 20.1 Å². The molecule has 0 aliphatic heterocycles. The van der Waals surface area contributed by atoms with Crippen LogP contribution in [-0.2, 0) is 20.1 Å². The van der Waals surface area contributed by atoms with E-state index in [1.54, 1.807) is 0 Å². The maximum absolute atomic E-state index is 4.84. The van der Waals surface area contributed by atoms with Gasteiger partial charge >= 0.3 is 20.1 Å². The Balaban J connectivity index is 0.00000569. The van der Waals surface area contributed by atoms with Gasteiger partial charge in [-0.3, -0.25) is 0 Å². The number of nitrogens with zero attached hydrogens (tertiary/aromatic N) is 3. The molecule has 0 N–H and O–H groups in total. The minimum Gasteiger partial charge on any atom is -0.305 e. The van der Waals surface area contributed by atoms with E-state index in [2.05, 4.69) is 240 Å². The fraction of sp³-hybridized carbons (Fsp3) is 0. The largest absolute Gasteiger partial charge is 3.00 e. The van der Waals surface area contributed by atoms with Crippen LogP contribution in [0.4, 0.5) is 0 Å². The van der Waals surface area contributed by atoms with Crippen LogP contribution < -0.4 is 0 Å². The Kier molecular flexibility index (Phi) is 13.0. The van der Waals surface area contributed by atoms with Gasteiger partial charge in [-0.25, -0.2) is 0 Å². The second-order valence-corrected chi connectivity index (χ2v) is 18.5. The van der Waals surface area contributed by atoms with Gasteiger partial charge in [-0.1, -0.05) is 185 Å². The molecule has 4 heteroatoms. The SMILES string of the molecule is [Ir+3].[c-]1cc(-c2ccccc2-c2cc(-c3ccccc3-c3c[c-]c(-c4ccccn4)cc3)cc(-c3ccccc3-c3c[c-]c(-c4cc(-c5ccc6c(ccc7ccccc76)c5)ccn4)cc3)c2)ccc1-c1ccccn1.